The molecule has 326 valence electrons. The maximum Gasteiger partial charge on any atom is 0.352 e. The highest BCUT2D eigenvalue weighted by Crippen LogP contribution is 2.42. The van der Waals surface area contributed by atoms with Gasteiger partial charge in [-0.3, -0.25) is 48.3 Å². The number of carbonyl (C=O) groups is 6. The summed E-state index contributed by atoms with van der Waals surface area (Å²) in [5.41, 5.74) is 9.49. The molecule has 0 saturated carbocycles. The van der Waals surface area contributed by atoms with Crippen LogP contribution in [0.25, 0.3) is 0 Å². The lowest BCUT2D eigenvalue weighted by atomic mass is 10.0. The van der Waals surface area contributed by atoms with E-state index < -0.39 is 69.5 Å². The van der Waals surface area contributed by atoms with E-state index in [1.165, 1.54) is 59.2 Å². The van der Waals surface area contributed by atoms with E-state index in [9.17, 15) is 48.6 Å². The Hall–Kier alpha value is -6.50. The Morgan fingerprint density at radius 2 is 1.45 bits per heavy atom. The lowest BCUT2D eigenvalue weighted by molar-refractivity contribution is -0.150. The molecule has 2 fully saturated rings. The number of allylic oxidation sites excluding steroid dienone is 1. The number of carboxylic acid groups (broad SMARTS) is 2. The number of nitrogen functional groups attached to an aromatic ring is 2. The van der Waals surface area contributed by atoms with E-state index in [0.717, 1.165) is 44.2 Å². The van der Waals surface area contributed by atoms with Gasteiger partial charge in [0.15, 0.2) is 26.8 Å². The number of β-lactam (4-membered cyclic amide) rings is 2. The van der Waals surface area contributed by atoms with Crippen LogP contribution >= 0.6 is 58.0 Å². The zero-order valence-corrected chi connectivity index (χ0v) is 35.7. The average molecular weight is 950 g/mol. The van der Waals surface area contributed by atoms with Crippen LogP contribution in [0.2, 0.25) is 0 Å². The van der Waals surface area contributed by atoms with Crippen LogP contribution in [-0.2, 0) is 40.7 Å². The largest absolute Gasteiger partial charge is 0.477 e. The van der Waals surface area contributed by atoms with Gasteiger partial charge in [0.25, 0.3) is 23.6 Å². The number of hydrogen-bond acceptors (Lipinski definition) is 22. The van der Waals surface area contributed by atoms with Crippen molar-refractivity contribution in [3.63, 3.8) is 0 Å². The molecule has 25 nitrogen and oxygen atoms in total. The second kappa shape index (κ2) is 18.6. The molecule has 0 bridgehead atoms. The summed E-state index contributed by atoms with van der Waals surface area (Å²) in [4.78, 5) is 115. The third kappa shape index (κ3) is 8.79. The SMILES string of the molecule is C=CC1=C(C(=O)O)N2C(=O)[C@@H](NC(=O)/C(=N\O)c3csc(N)n3)[C@H]2SC1.CO/N=C(\C(=O)N[C@@H]1C(=O)N2C(C(=O)O)=C(CSc3nc(=O)c(=O)[nH]n3C)CS[C@H]12)c1csc(N)n1. The Morgan fingerprint density at radius 1 is 0.919 bits per heavy atom. The van der Waals surface area contributed by atoms with E-state index in [-0.39, 0.29) is 61.1 Å². The van der Waals surface area contributed by atoms with Crippen LogP contribution in [0.1, 0.15) is 11.4 Å². The van der Waals surface area contributed by atoms with Crippen molar-refractivity contribution in [1.82, 2.24) is 45.2 Å². The maximum atomic E-state index is 12.9. The Balaban J connectivity index is 0.000000218. The first-order valence-electron chi connectivity index (χ1n) is 17.1. The normalized spacial score (nSPS) is 20.8. The first-order valence-corrected chi connectivity index (χ1v) is 22.0. The number of aliphatic carboxylic acids is 2. The fourth-order valence-corrected chi connectivity index (χ4v) is 10.9. The molecule has 3 aromatic rings. The van der Waals surface area contributed by atoms with Crippen molar-refractivity contribution in [3.05, 3.63) is 78.1 Å². The van der Waals surface area contributed by atoms with Crippen molar-refractivity contribution in [3.8, 4) is 0 Å². The van der Waals surface area contributed by atoms with Gasteiger partial charge in [0.05, 0.1) is 0 Å². The number of aromatic amines is 1. The van der Waals surface area contributed by atoms with Crippen molar-refractivity contribution in [1.29, 1.82) is 0 Å². The van der Waals surface area contributed by atoms with E-state index in [0.29, 0.717) is 16.9 Å². The molecule has 0 unspecified atom stereocenters. The van der Waals surface area contributed by atoms with Gasteiger partial charge in [-0.25, -0.2) is 19.6 Å². The van der Waals surface area contributed by atoms with Crippen molar-refractivity contribution in [2.45, 2.75) is 28.0 Å². The quantitative estimate of drug-likeness (QED) is 0.0234. The smallest absolute Gasteiger partial charge is 0.352 e. The van der Waals surface area contributed by atoms with Gasteiger partial charge in [0, 0.05) is 35.1 Å². The number of thiazole rings is 2. The molecule has 0 aromatic carbocycles. The van der Waals surface area contributed by atoms with Crippen LogP contribution in [-0.4, -0.2) is 144 Å². The van der Waals surface area contributed by atoms with Gasteiger partial charge in [0.2, 0.25) is 0 Å². The third-order valence-corrected chi connectivity index (χ3v) is 13.9. The summed E-state index contributed by atoms with van der Waals surface area (Å²) in [6.45, 7) is 3.56. The Labute approximate surface area is 367 Å². The van der Waals surface area contributed by atoms with Crippen molar-refractivity contribution < 1.29 is 49.0 Å². The summed E-state index contributed by atoms with van der Waals surface area (Å²) in [6, 6.07) is -1.94. The van der Waals surface area contributed by atoms with Crippen molar-refractivity contribution >= 4 is 115 Å². The number of carbonyl (C=O) groups excluding carboxylic acids is 4. The minimum atomic E-state index is -1.31. The number of aromatic nitrogens is 5. The molecule has 62 heavy (non-hydrogen) atoms. The van der Waals surface area contributed by atoms with Crippen molar-refractivity contribution in [2.75, 3.05) is 35.8 Å². The van der Waals surface area contributed by atoms with Crippen LogP contribution < -0.4 is 33.2 Å². The molecule has 4 atom stereocenters. The Bertz CT molecular complexity index is 2650. The molecule has 0 spiro atoms. The summed E-state index contributed by atoms with van der Waals surface area (Å²) in [6.07, 6.45) is 1.40. The zero-order chi connectivity index (χ0) is 45.2. The number of nitrogens with two attached hydrogens (primary N) is 2. The lowest BCUT2D eigenvalue weighted by Gasteiger charge is -2.49. The van der Waals surface area contributed by atoms with E-state index in [1.807, 2.05) is 0 Å². The average Bonchev–Trinajstić information content (AvgIpc) is 3.88. The Kier molecular flexibility index (Phi) is 13.5. The topological polar surface area (TPSA) is 373 Å². The number of fused-ring (bicyclic) bond motifs is 2. The number of thioether (sulfide) groups is 3. The predicted molar refractivity (Wildman–Crippen MR) is 225 cm³/mol. The first-order chi connectivity index (χ1) is 29.5. The molecular formula is C32H31N13O12S5. The highest BCUT2D eigenvalue weighted by molar-refractivity contribution is 8.01. The molecule has 4 amide bonds. The maximum absolute atomic E-state index is 12.9. The lowest BCUT2D eigenvalue weighted by Crippen LogP contribution is -2.71. The molecular weight excluding hydrogens is 919 g/mol. The summed E-state index contributed by atoms with van der Waals surface area (Å²) >= 11 is 5.78. The second-order valence-corrected chi connectivity index (χ2v) is 17.5. The molecule has 30 heteroatoms. The molecule has 0 aliphatic carbocycles. The molecule has 10 N–H and O–H groups in total. The second-order valence-electron chi connectivity index (χ2n) is 12.6. The standard InChI is InChI=1S/C18H18N8O7S3.C14H13N5O5S2/c1-25-18(22-12(28)13(29)23-25)36-4-6-3-34-15-9(14(30)26(15)10(6)16(31)32)21-11(27)8(24-33-2)7-5-35-17(19)20-7;1-2-5-3-25-12-8(11(21)19(12)9(5)13(22)23)17-10(20)7(18-24)6-4-26-14(15)16-6/h5,9,15H,3-4H2,1-2H3,(H2,19,20)(H,21,27)(H,23,29)(H,31,32);2,4,8,12,24H,1,3H2,(H2,15,16)(H,17,20)(H,22,23)/b24-8-;18-7-/t9-,15-;8-,12-/m11/s1. The number of anilines is 2. The van der Waals surface area contributed by atoms with Gasteiger partial charge in [-0.05, 0) is 11.1 Å². The number of rotatable bonds is 13. The van der Waals surface area contributed by atoms with Crippen LogP contribution in [0.5, 0.6) is 0 Å². The van der Waals surface area contributed by atoms with E-state index >= 15 is 0 Å². The summed E-state index contributed by atoms with van der Waals surface area (Å²) in [7, 11) is 2.74. The summed E-state index contributed by atoms with van der Waals surface area (Å²) in [5, 5.41) is 44.5. The van der Waals surface area contributed by atoms with Crippen LogP contribution in [0, 0.1) is 0 Å². The molecule has 7 heterocycles. The monoisotopic (exact) mass is 949 g/mol. The highest BCUT2D eigenvalue weighted by atomic mass is 32.2. The predicted octanol–water partition coefficient (Wildman–Crippen LogP) is -1.78. The molecule has 7 rings (SSSR count). The summed E-state index contributed by atoms with van der Waals surface area (Å²) in [5.74, 6) is -4.57. The van der Waals surface area contributed by atoms with Gasteiger partial charge >= 0.3 is 23.1 Å². The van der Waals surface area contributed by atoms with Gasteiger partial charge < -0.3 is 42.4 Å². The summed E-state index contributed by atoms with van der Waals surface area (Å²) < 4.78 is 1.25. The van der Waals surface area contributed by atoms with Crippen molar-refractivity contribution in [2.24, 2.45) is 17.4 Å². The first kappa shape index (κ1) is 45.0. The van der Waals surface area contributed by atoms with Crippen LogP contribution in [0.4, 0.5) is 10.3 Å². The van der Waals surface area contributed by atoms with Gasteiger partial charge in [0.1, 0.15) is 52.7 Å². The van der Waals surface area contributed by atoms with E-state index in [4.69, 9.17) is 21.5 Å². The molecule has 4 aliphatic heterocycles. The number of nitrogens with one attached hydrogen (secondary N) is 3. The molecule has 2 saturated heterocycles. The number of H-pyrrole nitrogens is 1. The Morgan fingerprint density at radius 3 is 1.95 bits per heavy atom. The number of carboxylic acids is 2. The highest BCUT2D eigenvalue weighted by Gasteiger charge is 2.55. The molecule has 4 aliphatic rings. The molecule has 3 aromatic heterocycles. The van der Waals surface area contributed by atoms with Gasteiger partial charge in [-0.15, -0.1) is 46.2 Å². The number of oxime groups is 2. The van der Waals surface area contributed by atoms with Crippen LogP contribution in [0.3, 0.4) is 0 Å². The van der Waals surface area contributed by atoms with Gasteiger partial charge in [-0.1, -0.05) is 34.7 Å². The number of nitrogens with zero attached hydrogens (tertiary/aromatic N) is 8. The fourth-order valence-electron chi connectivity index (χ4n) is 6.06. The number of aryl methyl sites for hydroxylation is 1. The number of hydrogen-bond donors (Lipinski definition) is 8. The minimum absolute atomic E-state index is 0.0764. The zero-order valence-electron chi connectivity index (χ0n) is 31.7. The molecule has 0 radical (unpaired) electrons. The minimum Gasteiger partial charge on any atom is -0.477 e. The van der Waals surface area contributed by atoms with Gasteiger partial charge in [-0.2, -0.15) is 4.98 Å². The van der Waals surface area contributed by atoms with Crippen LogP contribution in [0.15, 0.2) is 71.0 Å². The number of amides is 4. The fraction of sp³-hybridized carbons (Fsp3) is 0.281. The third-order valence-electron chi connectivity index (χ3n) is 8.83. The van der Waals surface area contributed by atoms with E-state index in [2.05, 4.69) is 47.6 Å². The van der Waals surface area contributed by atoms with E-state index in [1.54, 1.807) is 0 Å².